The summed E-state index contributed by atoms with van der Waals surface area (Å²) in [5.41, 5.74) is 0.381. The third-order valence-electron chi connectivity index (χ3n) is 6.36. The molecule has 2 aromatic carbocycles. The number of halogens is 3. The van der Waals surface area contributed by atoms with Gasteiger partial charge in [0.25, 0.3) is 0 Å². The highest BCUT2D eigenvalue weighted by atomic mass is 35.5. The maximum absolute atomic E-state index is 14.4. The Morgan fingerprint density at radius 3 is 2.54 bits per heavy atom. The lowest BCUT2D eigenvalue weighted by Gasteiger charge is -2.22. The van der Waals surface area contributed by atoms with Gasteiger partial charge in [0.15, 0.2) is 5.82 Å². The van der Waals surface area contributed by atoms with Crippen LogP contribution in [0.1, 0.15) is 43.7 Å². The lowest BCUT2D eigenvalue weighted by atomic mass is 9.89. The molecule has 1 fully saturated rings. The average molecular weight is 521 g/mol. The second-order valence-electron chi connectivity index (χ2n) is 8.83. The van der Waals surface area contributed by atoms with Crippen LogP contribution in [0.25, 0.3) is 11.4 Å². The van der Waals surface area contributed by atoms with Crippen molar-refractivity contribution in [3.63, 3.8) is 0 Å². The minimum atomic E-state index is -1.02. The number of hydrogen-bond donors (Lipinski definition) is 2. The minimum Gasteiger partial charge on any atom is -0.394 e. The highest BCUT2D eigenvalue weighted by Crippen LogP contribution is 2.27. The first kappa shape index (κ1) is 25.4. The summed E-state index contributed by atoms with van der Waals surface area (Å²) in [5.74, 6) is -0.476. The van der Waals surface area contributed by atoms with Gasteiger partial charge in [0.1, 0.15) is 12.4 Å². The van der Waals surface area contributed by atoms with Gasteiger partial charge in [0.2, 0.25) is 5.91 Å². The van der Waals surface area contributed by atoms with E-state index in [0.29, 0.717) is 23.3 Å². The number of hydrogen-bond acceptors (Lipinski definition) is 4. The molecule has 1 unspecified atom stereocenters. The van der Waals surface area contributed by atoms with Gasteiger partial charge >= 0.3 is 5.69 Å². The zero-order chi connectivity index (χ0) is 24.9. The Kier molecular flexibility index (Phi) is 8.26. The summed E-state index contributed by atoms with van der Waals surface area (Å²) in [5, 5.41) is 17.2. The van der Waals surface area contributed by atoms with E-state index in [1.807, 2.05) is 0 Å². The fourth-order valence-electron chi connectivity index (χ4n) is 4.54. The first-order chi connectivity index (χ1) is 16.9. The van der Waals surface area contributed by atoms with Crippen LogP contribution in [0.5, 0.6) is 0 Å². The van der Waals surface area contributed by atoms with E-state index < -0.39 is 30.1 Å². The molecule has 0 radical (unpaired) electrons. The Morgan fingerprint density at radius 1 is 1.14 bits per heavy atom. The summed E-state index contributed by atoms with van der Waals surface area (Å²) >= 11 is 11.9. The first-order valence-electron chi connectivity index (χ1n) is 11.6. The monoisotopic (exact) mass is 520 g/mol. The van der Waals surface area contributed by atoms with Crippen molar-refractivity contribution in [3.8, 4) is 11.4 Å². The fourth-order valence-corrected chi connectivity index (χ4v) is 4.84. The molecule has 1 aromatic heterocycles. The summed E-state index contributed by atoms with van der Waals surface area (Å²) in [6.45, 7) is -0.398. The fraction of sp³-hybridized carbons (Fsp3) is 0.400. The molecular formula is C25H27Cl2FN4O3. The van der Waals surface area contributed by atoms with Crippen LogP contribution < -0.4 is 11.0 Å². The molecule has 1 heterocycles. The van der Waals surface area contributed by atoms with Crippen LogP contribution in [0.15, 0.2) is 47.3 Å². The molecule has 1 aliphatic carbocycles. The standard InChI is InChI=1S/C25H27Cl2FN4O3/c26-18-11-9-17(10-12-18)24-30-32(25(35)31(24)13-16-5-2-1-3-6-16)14-22(34)29-21(15-33)19-7-4-8-20(27)23(19)28/h4,7-12,16,21,33H,1-3,5-6,13-15H2,(H,29,34). The van der Waals surface area contributed by atoms with Crippen molar-refractivity contribution in [3.05, 3.63) is 74.4 Å². The molecule has 0 bridgehead atoms. The molecule has 0 spiro atoms. The number of benzene rings is 2. The molecule has 2 N–H and O–H groups in total. The van der Waals surface area contributed by atoms with Crippen LogP contribution in [-0.4, -0.2) is 32.0 Å². The Labute approximate surface area is 212 Å². The van der Waals surface area contributed by atoms with Gasteiger partial charge in [0, 0.05) is 22.7 Å². The van der Waals surface area contributed by atoms with Crippen molar-refractivity contribution < 1.29 is 14.3 Å². The summed E-state index contributed by atoms with van der Waals surface area (Å²) in [4.78, 5) is 26.1. The van der Waals surface area contributed by atoms with Gasteiger partial charge in [-0.15, -0.1) is 5.10 Å². The zero-order valence-corrected chi connectivity index (χ0v) is 20.6. The molecule has 3 aromatic rings. The highest BCUT2D eigenvalue weighted by molar-refractivity contribution is 6.31. The van der Waals surface area contributed by atoms with Gasteiger partial charge in [0.05, 0.1) is 17.7 Å². The van der Waals surface area contributed by atoms with Gasteiger partial charge in [-0.1, -0.05) is 54.6 Å². The average Bonchev–Trinajstić information content (AvgIpc) is 3.15. The van der Waals surface area contributed by atoms with Crippen molar-refractivity contribution in [2.45, 2.75) is 51.2 Å². The van der Waals surface area contributed by atoms with E-state index in [9.17, 15) is 19.1 Å². The number of carbonyl (C=O) groups excluding carboxylic acids is 1. The SMILES string of the molecule is O=C(Cn1nc(-c2ccc(Cl)cc2)n(CC2CCCCC2)c1=O)NC(CO)c1cccc(Cl)c1F. The number of aliphatic hydroxyl groups excluding tert-OH is 1. The van der Waals surface area contributed by atoms with E-state index >= 15 is 0 Å². The molecule has 1 aliphatic rings. The lowest BCUT2D eigenvalue weighted by Crippen LogP contribution is -2.37. The van der Waals surface area contributed by atoms with Gasteiger partial charge in [-0.05, 0) is 49.1 Å². The Bertz CT molecular complexity index is 1240. The molecule has 35 heavy (non-hydrogen) atoms. The second-order valence-corrected chi connectivity index (χ2v) is 9.67. The predicted molar refractivity (Wildman–Crippen MR) is 133 cm³/mol. The van der Waals surface area contributed by atoms with E-state index in [4.69, 9.17) is 23.2 Å². The number of nitrogens with one attached hydrogen (secondary N) is 1. The Morgan fingerprint density at radius 2 is 1.86 bits per heavy atom. The summed E-state index contributed by atoms with van der Waals surface area (Å²) in [6, 6.07) is 10.4. The van der Waals surface area contributed by atoms with Crippen LogP contribution in [0, 0.1) is 11.7 Å². The van der Waals surface area contributed by atoms with Crippen LogP contribution >= 0.6 is 23.2 Å². The molecule has 10 heteroatoms. The van der Waals surface area contributed by atoms with Crippen LogP contribution in [0.2, 0.25) is 10.0 Å². The lowest BCUT2D eigenvalue weighted by molar-refractivity contribution is -0.123. The molecular weight excluding hydrogens is 494 g/mol. The van der Waals surface area contributed by atoms with Crippen molar-refractivity contribution in [2.75, 3.05) is 6.61 Å². The molecule has 186 valence electrons. The normalized spacial score (nSPS) is 15.2. The van der Waals surface area contributed by atoms with Gasteiger partial charge in [-0.2, -0.15) is 0 Å². The number of aromatic nitrogens is 3. The van der Waals surface area contributed by atoms with Crippen molar-refractivity contribution in [1.29, 1.82) is 0 Å². The van der Waals surface area contributed by atoms with Gasteiger partial charge < -0.3 is 10.4 Å². The van der Waals surface area contributed by atoms with E-state index in [0.717, 1.165) is 35.9 Å². The number of amides is 1. The maximum atomic E-state index is 14.4. The van der Waals surface area contributed by atoms with Crippen LogP contribution in [0.3, 0.4) is 0 Å². The summed E-state index contributed by atoms with van der Waals surface area (Å²) in [7, 11) is 0. The smallest absolute Gasteiger partial charge is 0.346 e. The quantitative estimate of drug-likeness (QED) is 0.454. The largest absolute Gasteiger partial charge is 0.394 e. The summed E-state index contributed by atoms with van der Waals surface area (Å²) < 4.78 is 17.1. The molecule has 0 aliphatic heterocycles. The topological polar surface area (TPSA) is 89.2 Å². The molecule has 1 atom stereocenters. The number of nitrogens with zero attached hydrogens (tertiary/aromatic N) is 3. The van der Waals surface area contributed by atoms with Crippen molar-refractivity contribution in [1.82, 2.24) is 19.7 Å². The van der Waals surface area contributed by atoms with Crippen molar-refractivity contribution in [2.24, 2.45) is 5.92 Å². The molecule has 0 saturated heterocycles. The maximum Gasteiger partial charge on any atom is 0.346 e. The highest BCUT2D eigenvalue weighted by Gasteiger charge is 2.23. The predicted octanol–water partition coefficient (Wildman–Crippen LogP) is 4.59. The number of aliphatic hydroxyl groups is 1. The molecule has 1 saturated carbocycles. The minimum absolute atomic E-state index is 0.0605. The molecule has 7 nitrogen and oxygen atoms in total. The number of rotatable bonds is 8. The zero-order valence-electron chi connectivity index (χ0n) is 19.1. The first-order valence-corrected chi connectivity index (χ1v) is 12.4. The number of carbonyl (C=O) groups is 1. The Balaban J connectivity index is 1.59. The molecule has 4 rings (SSSR count). The second kappa shape index (κ2) is 11.4. The van der Waals surface area contributed by atoms with E-state index in [1.165, 1.54) is 24.6 Å². The van der Waals surface area contributed by atoms with Gasteiger partial charge in [-0.3, -0.25) is 9.36 Å². The van der Waals surface area contributed by atoms with Gasteiger partial charge in [-0.25, -0.2) is 13.9 Å². The molecule has 1 amide bonds. The van der Waals surface area contributed by atoms with E-state index in [2.05, 4.69) is 10.4 Å². The van der Waals surface area contributed by atoms with Crippen LogP contribution in [0.4, 0.5) is 4.39 Å². The summed E-state index contributed by atoms with van der Waals surface area (Å²) in [6.07, 6.45) is 5.56. The third kappa shape index (κ3) is 5.94. The Hall–Kier alpha value is -2.68. The van der Waals surface area contributed by atoms with Crippen LogP contribution in [-0.2, 0) is 17.9 Å². The third-order valence-corrected chi connectivity index (χ3v) is 6.90. The van der Waals surface area contributed by atoms with E-state index in [1.54, 1.807) is 28.8 Å². The van der Waals surface area contributed by atoms with Crippen molar-refractivity contribution >= 4 is 29.1 Å². The van der Waals surface area contributed by atoms with E-state index in [-0.39, 0.29) is 17.1 Å².